The van der Waals surface area contributed by atoms with Gasteiger partial charge in [-0.2, -0.15) is 5.10 Å². The highest BCUT2D eigenvalue weighted by atomic mass is 19.1. The van der Waals surface area contributed by atoms with E-state index in [1.807, 2.05) is 0 Å². The molecule has 1 aliphatic rings. The maximum Gasteiger partial charge on any atom is 0.277 e. The van der Waals surface area contributed by atoms with Gasteiger partial charge in [0.15, 0.2) is 0 Å². The number of hydrogen-bond acceptors (Lipinski definition) is 6. The van der Waals surface area contributed by atoms with Gasteiger partial charge in [-0.05, 0) is 51.1 Å². The van der Waals surface area contributed by atoms with Gasteiger partial charge < -0.3 is 4.42 Å². The van der Waals surface area contributed by atoms with Gasteiger partial charge in [0.2, 0.25) is 11.8 Å². The predicted molar refractivity (Wildman–Crippen MR) is 115 cm³/mol. The summed E-state index contributed by atoms with van der Waals surface area (Å²) in [5.41, 5.74) is 1.33. The predicted octanol–water partition coefficient (Wildman–Crippen LogP) is 2.42. The first kappa shape index (κ1) is 21.2. The van der Waals surface area contributed by atoms with Crippen LogP contribution in [0.15, 0.2) is 33.5 Å². The minimum Gasteiger partial charge on any atom is -0.444 e. The minimum absolute atomic E-state index is 0.164. The Labute approximate surface area is 179 Å². The van der Waals surface area contributed by atoms with Crippen LogP contribution in [0.5, 0.6) is 0 Å². The lowest BCUT2D eigenvalue weighted by molar-refractivity contribution is -0.117. The van der Waals surface area contributed by atoms with E-state index in [1.165, 1.54) is 12.1 Å². The van der Waals surface area contributed by atoms with Crippen molar-refractivity contribution >= 4 is 22.6 Å². The van der Waals surface area contributed by atoms with E-state index in [9.17, 15) is 14.0 Å². The first-order valence-electron chi connectivity index (χ1n) is 10.4. The van der Waals surface area contributed by atoms with E-state index in [-0.39, 0.29) is 29.7 Å². The number of hydrogen-bond donors (Lipinski definition) is 2. The largest absolute Gasteiger partial charge is 0.444 e. The van der Waals surface area contributed by atoms with E-state index in [0.717, 1.165) is 44.7 Å². The van der Waals surface area contributed by atoms with E-state index >= 15 is 0 Å². The molecule has 0 unspecified atom stereocenters. The van der Waals surface area contributed by atoms with Crippen LogP contribution in [0.3, 0.4) is 0 Å². The van der Waals surface area contributed by atoms with Crippen molar-refractivity contribution in [1.29, 1.82) is 0 Å². The number of aromatic amines is 1. The maximum absolute atomic E-state index is 13.1. The summed E-state index contributed by atoms with van der Waals surface area (Å²) in [6.45, 7) is 7.78. The summed E-state index contributed by atoms with van der Waals surface area (Å²) < 4.78 is 18.8. The summed E-state index contributed by atoms with van der Waals surface area (Å²) in [7, 11) is 0. The van der Waals surface area contributed by atoms with Crippen molar-refractivity contribution in [3.05, 3.63) is 57.5 Å². The number of aryl methyl sites for hydroxylation is 2. The number of anilines is 1. The number of benzene rings is 1. The molecule has 1 amide bonds. The number of nitrogens with zero attached hydrogens (tertiary/aromatic N) is 3. The molecule has 3 heterocycles. The maximum atomic E-state index is 13.1. The first-order chi connectivity index (χ1) is 14.9. The average Bonchev–Trinajstić information content (AvgIpc) is 2.91. The molecule has 2 N–H and O–H groups in total. The molecule has 164 valence electrons. The van der Waals surface area contributed by atoms with Crippen molar-refractivity contribution in [3.8, 4) is 0 Å². The molecule has 1 aliphatic heterocycles. The monoisotopic (exact) mass is 427 g/mol. The van der Waals surface area contributed by atoms with Crippen molar-refractivity contribution < 1.29 is 13.6 Å². The number of H-pyrrole nitrogens is 1. The molecule has 4 rings (SSSR count). The number of carbonyl (C=O) groups excluding carboxylic acids is 1. The normalized spacial score (nSPS) is 15.8. The molecule has 8 nitrogen and oxygen atoms in total. The van der Waals surface area contributed by atoms with Gasteiger partial charge in [-0.25, -0.2) is 9.49 Å². The molecule has 3 aromatic rings. The Morgan fingerprint density at radius 2 is 1.84 bits per heavy atom. The van der Waals surface area contributed by atoms with E-state index in [1.54, 1.807) is 26.0 Å². The lowest BCUT2D eigenvalue weighted by Crippen LogP contribution is -2.36. The van der Waals surface area contributed by atoms with E-state index in [0.29, 0.717) is 22.2 Å². The van der Waals surface area contributed by atoms with Gasteiger partial charge in [0.25, 0.3) is 5.56 Å². The Kier molecular flexibility index (Phi) is 6.15. The lowest BCUT2D eigenvalue weighted by Gasteiger charge is -2.21. The fraction of sp³-hybridized carbons (Fsp3) is 0.409. The number of halogens is 1. The molecule has 0 aliphatic carbocycles. The number of fused-ring (bicyclic) bond motifs is 1. The molecule has 0 bridgehead atoms. The second-order valence-corrected chi connectivity index (χ2v) is 7.96. The van der Waals surface area contributed by atoms with Crippen LogP contribution in [0.25, 0.3) is 10.8 Å². The number of amides is 1. The van der Waals surface area contributed by atoms with Crippen molar-refractivity contribution in [2.24, 2.45) is 0 Å². The van der Waals surface area contributed by atoms with E-state index in [2.05, 4.69) is 25.3 Å². The summed E-state index contributed by atoms with van der Waals surface area (Å²) >= 11 is 0. The van der Waals surface area contributed by atoms with Crippen LogP contribution >= 0.6 is 0 Å². The topological polar surface area (TPSA) is 94.5 Å². The van der Waals surface area contributed by atoms with Crippen LogP contribution in [0.2, 0.25) is 0 Å². The third-order valence-corrected chi connectivity index (χ3v) is 5.62. The zero-order valence-electron chi connectivity index (χ0n) is 17.7. The second kappa shape index (κ2) is 8.99. The third-order valence-electron chi connectivity index (χ3n) is 5.62. The molecule has 31 heavy (non-hydrogen) atoms. The average molecular weight is 427 g/mol. The molecule has 2 aromatic heterocycles. The van der Waals surface area contributed by atoms with Crippen LogP contribution in [0.1, 0.15) is 23.4 Å². The molecule has 0 spiro atoms. The number of aromatic nitrogens is 2. The van der Waals surface area contributed by atoms with Gasteiger partial charge in [-0.15, -0.1) is 0 Å². The van der Waals surface area contributed by atoms with Crippen molar-refractivity contribution in [1.82, 2.24) is 20.0 Å². The Balaban J connectivity index is 1.36. The number of carbonyl (C=O) groups is 1. The molecule has 0 atom stereocenters. The van der Waals surface area contributed by atoms with E-state index < -0.39 is 0 Å². The van der Waals surface area contributed by atoms with Crippen molar-refractivity contribution in [3.63, 3.8) is 0 Å². The summed E-state index contributed by atoms with van der Waals surface area (Å²) in [5, 5.41) is 10.1. The third kappa shape index (κ3) is 4.83. The molecular weight excluding hydrogens is 401 g/mol. The summed E-state index contributed by atoms with van der Waals surface area (Å²) in [4.78, 5) is 29.3. The van der Waals surface area contributed by atoms with Crippen LogP contribution in [-0.2, 0) is 11.3 Å². The Hall–Kier alpha value is -3.04. The smallest absolute Gasteiger partial charge is 0.277 e. The molecule has 0 radical (unpaired) electrons. The standard InChI is InChI=1S/C22H26FN5O3/c1-14-19-15(2)31-22(20(19)21(30)26-25-14)24-18(29)13-28-9-3-8-27(10-11-28)12-16-4-6-17(23)7-5-16/h4-7H,3,8-13H2,1-2H3,(H,24,29)(H,26,30). The quantitative estimate of drug-likeness (QED) is 0.650. The van der Waals surface area contributed by atoms with Gasteiger partial charge in [-0.3, -0.25) is 24.7 Å². The Bertz CT molecular complexity index is 1140. The molecule has 9 heteroatoms. The van der Waals surface area contributed by atoms with E-state index in [4.69, 9.17) is 4.42 Å². The number of furan rings is 1. The molecule has 1 saturated heterocycles. The summed E-state index contributed by atoms with van der Waals surface area (Å²) in [5.74, 6) is 0.255. The Morgan fingerprint density at radius 3 is 2.61 bits per heavy atom. The molecule has 1 fully saturated rings. The van der Waals surface area contributed by atoms with Gasteiger partial charge in [-0.1, -0.05) is 12.1 Å². The zero-order chi connectivity index (χ0) is 22.0. The number of nitrogens with one attached hydrogen (secondary N) is 2. The fourth-order valence-electron chi connectivity index (χ4n) is 4.09. The highest BCUT2D eigenvalue weighted by Gasteiger charge is 2.21. The molecule has 0 saturated carbocycles. The van der Waals surface area contributed by atoms with Gasteiger partial charge in [0.1, 0.15) is 17.0 Å². The summed E-state index contributed by atoms with van der Waals surface area (Å²) in [6, 6.07) is 6.57. The van der Waals surface area contributed by atoms with Gasteiger partial charge >= 0.3 is 0 Å². The van der Waals surface area contributed by atoms with Crippen LogP contribution in [-0.4, -0.2) is 58.6 Å². The fourth-order valence-corrected chi connectivity index (χ4v) is 4.09. The molecular formula is C22H26FN5O3. The summed E-state index contributed by atoms with van der Waals surface area (Å²) in [6.07, 6.45) is 0.932. The first-order valence-corrected chi connectivity index (χ1v) is 10.4. The van der Waals surface area contributed by atoms with Crippen LogP contribution in [0, 0.1) is 19.7 Å². The van der Waals surface area contributed by atoms with Gasteiger partial charge in [0, 0.05) is 19.6 Å². The van der Waals surface area contributed by atoms with Gasteiger partial charge in [0.05, 0.1) is 17.6 Å². The Morgan fingerprint density at radius 1 is 1.13 bits per heavy atom. The second-order valence-electron chi connectivity index (χ2n) is 7.96. The number of rotatable bonds is 5. The van der Waals surface area contributed by atoms with Crippen molar-refractivity contribution in [2.75, 3.05) is 38.0 Å². The highest BCUT2D eigenvalue weighted by molar-refractivity contribution is 6.01. The SMILES string of the molecule is Cc1n[nH]c(=O)c2c(NC(=O)CN3CCCN(Cc4ccc(F)cc4)CC3)oc(C)c12. The highest BCUT2D eigenvalue weighted by Crippen LogP contribution is 2.28. The zero-order valence-corrected chi connectivity index (χ0v) is 17.7. The van der Waals surface area contributed by atoms with Crippen LogP contribution < -0.4 is 10.9 Å². The van der Waals surface area contributed by atoms with Crippen molar-refractivity contribution in [2.45, 2.75) is 26.8 Å². The lowest BCUT2D eigenvalue weighted by atomic mass is 10.2. The van der Waals surface area contributed by atoms with Crippen LogP contribution in [0.4, 0.5) is 10.3 Å². The minimum atomic E-state index is -0.390. The molecule has 1 aromatic carbocycles.